The molecule has 0 bridgehead atoms. The van der Waals surface area contributed by atoms with Crippen LogP contribution in [-0.2, 0) is 12.8 Å². The van der Waals surface area contributed by atoms with Crippen molar-refractivity contribution in [1.29, 1.82) is 0 Å². The maximum atomic E-state index is 13.4. The van der Waals surface area contributed by atoms with Gasteiger partial charge in [0.1, 0.15) is 11.4 Å². The zero-order valence-electron chi connectivity index (χ0n) is 16.0. The predicted octanol–water partition coefficient (Wildman–Crippen LogP) is 1.63. The Labute approximate surface area is 162 Å². The van der Waals surface area contributed by atoms with E-state index >= 15 is 0 Å². The molecule has 0 radical (unpaired) electrons. The van der Waals surface area contributed by atoms with Gasteiger partial charge in [0, 0.05) is 31.7 Å². The van der Waals surface area contributed by atoms with E-state index in [1.165, 1.54) is 18.2 Å². The number of rotatable bonds is 4. The molecule has 1 aromatic carbocycles. The molecule has 1 fully saturated rings. The summed E-state index contributed by atoms with van der Waals surface area (Å²) in [5, 5.41) is 6.45. The molecule has 1 aliphatic rings. The van der Waals surface area contributed by atoms with E-state index in [4.69, 9.17) is 0 Å². The van der Waals surface area contributed by atoms with Gasteiger partial charge in [-0.1, -0.05) is 19.9 Å². The Kier molecular flexibility index (Phi) is 5.87. The van der Waals surface area contributed by atoms with E-state index in [1.54, 1.807) is 15.9 Å². The van der Waals surface area contributed by atoms with Gasteiger partial charge in [0.15, 0.2) is 0 Å². The number of nitrogens with one attached hydrogen (secondary N) is 1. The van der Waals surface area contributed by atoms with Gasteiger partial charge in [0.25, 0.3) is 17.4 Å². The Morgan fingerprint density at radius 1 is 1.07 bits per heavy atom. The maximum absolute atomic E-state index is 13.4. The molecule has 0 aliphatic carbocycles. The van der Waals surface area contributed by atoms with Gasteiger partial charge in [0.05, 0.1) is 5.69 Å². The number of benzene rings is 1. The van der Waals surface area contributed by atoms with Crippen molar-refractivity contribution in [3.8, 4) is 0 Å². The number of amides is 2. The van der Waals surface area contributed by atoms with Crippen LogP contribution in [0.2, 0.25) is 0 Å². The van der Waals surface area contributed by atoms with E-state index < -0.39 is 11.4 Å². The maximum Gasteiger partial charge on any atom is 0.277 e. The van der Waals surface area contributed by atoms with Crippen molar-refractivity contribution in [2.75, 3.05) is 26.2 Å². The number of nitrogens with zero attached hydrogens (tertiary/aromatic N) is 3. The molecule has 7 nitrogen and oxygen atoms in total. The van der Waals surface area contributed by atoms with Gasteiger partial charge < -0.3 is 9.80 Å². The summed E-state index contributed by atoms with van der Waals surface area (Å²) in [6, 6.07) is 5.56. The lowest BCUT2D eigenvalue weighted by molar-refractivity contribution is 0.0533. The monoisotopic (exact) mass is 386 g/mol. The second-order valence-corrected chi connectivity index (χ2v) is 6.65. The van der Waals surface area contributed by atoms with E-state index in [2.05, 4.69) is 10.2 Å². The molecule has 1 N–H and O–H groups in total. The van der Waals surface area contributed by atoms with Crippen molar-refractivity contribution in [1.82, 2.24) is 20.0 Å². The zero-order valence-corrected chi connectivity index (χ0v) is 16.0. The van der Waals surface area contributed by atoms with Crippen LogP contribution >= 0.6 is 0 Å². The number of H-pyrrole nitrogens is 1. The highest BCUT2D eigenvalue weighted by atomic mass is 19.1. The lowest BCUT2D eigenvalue weighted by atomic mass is 10.0. The first-order valence-corrected chi connectivity index (χ1v) is 9.40. The average molecular weight is 386 g/mol. The van der Waals surface area contributed by atoms with Crippen LogP contribution in [0.1, 0.15) is 45.8 Å². The standard InChI is InChI=1S/C20H23FN4O3/c1-3-15-16(4-2)22-23-18(26)17(15)20(28)25-10-8-24(9-11-25)19(27)13-6-5-7-14(21)12-13/h5-7,12H,3-4,8-11H2,1-2H3,(H,23,26). The van der Waals surface area contributed by atoms with Crippen LogP contribution in [-0.4, -0.2) is 58.0 Å². The number of aryl methyl sites for hydroxylation is 1. The van der Waals surface area contributed by atoms with Crippen molar-refractivity contribution in [3.63, 3.8) is 0 Å². The lowest BCUT2D eigenvalue weighted by Gasteiger charge is -2.35. The van der Waals surface area contributed by atoms with Crippen LogP contribution in [0, 0.1) is 5.82 Å². The van der Waals surface area contributed by atoms with Crippen molar-refractivity contribution >= 4 is 11.8 Å². The lowest BCUT2D eigenvalue weighted by Crippen LogP contribution is -2.51. The summed E-state index contributed by atoms with van der Waals surface area (Å²) in [6.45, 7) is 5.09. The highest BCUT2D eigenvalue weighted by molar-refractivity contribution is 5.96. The molecule has 1 aromatic heterocycles. The Balaban J connectivity index is 1.74. The highest BCUT2D eigenvalue weighted by Gasteiger charge is 2.29. The molecule has 2 amide bonds. The Hall–Kier alpha value is -3.03. The Bertz CT molecular complexity index is 949. The van der Waals surface area contributed by atoms with Crippen LogP contribution in [0.25, 0.3) is 0 Å². The van der Waals surface area contributed by atoms with Gasteiger partial charge >= 0.3 is 0 Å². The van der Waals surface area contributed by atoms with Crippen LogP contribution in [0.5, 0.6) is 0 Å². The minimum atomic E-state index is -0.489. The topological polar surface area (TPSA) is 86.4 Å². The van der Waals surface area contributed by atoms with Crippen molar-refractivity contribution < 1.29 is 14.0 Å². The number of hydrogen-bond donors (Lipinski definition) is 1. The average Bonchev–Trinajstić information content (AvgIpc) is 2.72. The molecular weight excluding hydrogens is 363 g/mol. The number of hydrogen-bond acceptors (Lipinski definition) is 4. The molecule has 148 valence electrons. The van der Waals surface area contributed by atoms with Gasteiger partial charge in [0.2, 0.25) is 0 Å². The van der Waals surface area contributed by atoms with Crippen LogP contribution in [0.4, 0.5) is 4.39 Å². The van der Waals surface area contributed by atoms with Gasteiger partial charge in [-0.05, 0) is 36.6 Å². The summed E-state index contributed by atoms with van der Waals surface area (Å²) in [5.41, 5.74) is 1.32. The van der Waals surface area contributed by atoms with E-state index in [0.29, 0.717) is 50.3 Å². The number of carbonyl (C=O) groups excluding carboxylic acids is 2. The first-order chi connectivity index (χ1) is 13.5. The van der Waals surface area contributed by atoms with E-state index in [1.807, 2.05) is 13.8 Å². The molecule has 3 rings (SSSR count). The van der Waals surface area contributed by atoms with E-state index in [9.17, 15) is 18.8 Å². The number of aromatic nitrogens is 2. The number of carbonyl (C=O) groups is 2. The zero-order chi connectivity index (χ0) is 20.3. The second-order valence-electron chi connectivity index (χ2n) is 6.65. The van der Waals surface area contributed by atoms with Crippen molar-refractivity contribution in [2.24, 2.45) is 0 Å². The molecule has 28 heavy (non-hydrogen) atoms. The number of piperazine rings is 1. The first kappa shape index (κ1) is 19.7. The molecule has 2 heterocycles. The summed E-state index contributed by atoms with van der Waals surface area (Å²) < 4.78 is 13.4. The molecule has 0 saturated carbocycles. The van der Waals surface area contributed by atoms with Gasteiger partial charge in [-0.3, -0.25) is 14.4 Å². The molecule has 2 aromatic rings. The van der Waals surface area contributed by atoms with Crippen LogP contribution in [0.3, 0.4) is 0 Å². The summed E-state index contributed by atoms with van der Waals surface area (Å²) in [6.07, 6.45) is 1.16. The summed E-state index contributed by atoms with van der Waals surface area (Å²) >= 11 is 0. The molecule has 1 aliphatic heterocycles. The summed E-state index contributed by atoms with van der Waals surface area (Å²) in [4.78, 5) is 41.0. The number of aromatic amines is 1. The highest BCUT2D eigenvalue weighted by Crippen LogP contribution is 2.15. The Morgan fingerprint density at radius 2 is 1.71 bits per heavy atom. The second kappa shape index (κ2) is 8.33. The molecule has 0 spiro atoms. The summed E-state index contributed by atoms with van der Waals surface area (Å²) in [5.74, 6) is -1.07. The third-order valence-corrected chi connectivity index (χ3v) is 5.00. The summed E-state index contributed by atoms with van der Waals surface area (Å²) in [7, 11) is 0. The van der Waals surface area contributed by atoms with Crippen LogP contribution in [0.15, 0.2) is 29.1 Å². The number of halogens is 1. The molecule has 1 saturated heterocycles. The van der Waals surface area contributed by atoms with Crippen molar-refractivity contribution in [2.45, 2.75) is 26.7 Å². The molecular formula is C20H23FN4O3. The van der Waals surface area contributed by atoms with E-state index in [-0.39, 0.29) is 22.9 Å². The third-order valence-electron chi connectivity index (χ3n) is 5.00. The van der Waals surface area contributed by atoms with Crippen molar-refractivity contribution in [3.05, 3.63) is 62.8 Å². The van der Waals surface area contributed by atoms with Gasteiger partial charge in [-0.2, -0.15) is 5.10 Å². The molecule has 8 heteroatoms. The fraction of sp³-hybridized carbons (Fsp3) is 0.400. The van der Waals surface area contributed by atoms with Crippen LogP contribution < -0.4 is 5.56 Å². The minimum absolute atomic E-state index is 0.138. The van der Waals surface area contributed by atoms with Gasteiger partial charge in [-0.15, -0.1) is 0 Å². The SMILES string of the molecule is CCc1n[nH]c(=O)c(C(=O)N2CCN(C(=O)c3cccc(F)c3)CC2)c1CC. The predicted molar refractivity (Wildman–Crippen MR) is 102 cm³/mol. The minimum Gasteiger partial charge on any atom is -0.335 e. The first-order valence-electron chi connectivity index (χ1n) is 9.40. The largest absolute Gasteiger partial charge is 0.335 e. The molecule has 0 unspecified atom stereocenters. The van der Waals surface area contributed by atoms with E-state index in [0.717, 1.165) is 0 Å². The smallest absolute Gasteiger partial charge is 0.277 e. The fourth-order valence-electron chi connectivity index (χ4n) is 3.50. The third kappa shape index (κ3) is 3.81. The quantitative estimate of drug-likeness (QED) is 0.865. The molecule has 0 atom stereocenters. The normalized spacial score (nSPS) is 14.2. The fourth-order valence-corrected chi connectivity index (χ4v) is 3.50. The Morgan fingerprint density at radius 3 is 2.29 bits per heavy atom. The van der Waals surface area contributed by atoms with Gasteiger partial charge in [-0.25, -0.2) is 9.49 Å².